The molecule has 0 spiro atoms. The fourth-order valence-electron chi connectivity index (χ4n) is 3.78. The summed E-state index contributed by atoms with van der Waals surface area (Å²) in [6.07, 6.45) is 7.35. The number of benzene rings is 2. The van der Waals surface area contributed by atoms with Crippen LogP contribution in [0.2, 0.25) is 5.02 Å². The Morgan fingerprint density at radius 3 is 2.62 bits per heavy atom. The molecule has 1 saturated heterocycles. The first kappa shape index (κ1) is 19.0. The molecule has 1 heterocycles. The van der Waals surface area contributed by atoms with Crippen molar-refractivity contribution in [3.63, 3.8) is 0 Å². The molecule has 1 aliphatic rings. The predicted octanol–water partition coefficient (Wildman–Crippen LogP) is 5.15. The lowest BCUT2D eigenvalue weighted by Gasteiger charge is -2.39. The van der Waals surface area contributed by atoms with Gasteiger partial charge in [0.05, 0.1) is 18.3 Å². The van der Waals surface area contributed by atoms with Gasteiger partial charge in [-0.25, -0.2) is 0 Å². The van der Waals surface area contributed by atoms with E-state index in [2.05, 4.69) is 18.9 Å². The molecular formula is C23H25ClO2. The Morgan fingerprint density at radius 2 is 1.96 bits per heavy atom. The molecule has 1 fully saturated rings. The van der Waals surface area contributed by atoms with E-state index in [1.807, 2.05) is 43.3 Å². The van der Waals surface area contributed by atoms with E-state index in [1.165, 1.54) is 0 Å². The predicted molar refractivity (Wildman–Crippen MR) is 106 cm³/mol. The number of aliphatic hydroxyl groups is 1. The van der Waals surface area contributed by atoms with Crippen LogP contribution in [0.25, 0.3) is 0 Å². The molecule has 3 rings (SSSR count). The van der Waals surface area contributed by atoms with E-state index in [0.29, 0.717) is 6.42 Å². The minimum absolute atomic E-state index is 0.0493. The highest BCUT2D eigenvalue weighted by Gasteiger charge is 2.36. The number of hydrogen-bond acceptors (Lipinski definition) is 2. The number of terminal acetylenes is 1. The van der Waals surface area contributed by atoms with Gasteiger partial charge in [0.2, 0.25) is 0 Å². The molecule has 1 aliphatic heterocycles. The van der Waals surface area contributed by atoms with Gasteiger partial charge in [-0.15, -0.1) is 6.42 Å². The minimum Gasteiger partial charge on any atom is -0.393 e. The van der Waals surface area contributed by atoms with E-state index in [0.717, 1.165) is 40.1 Å². The first-order valence-corrected chi connectivity index (χ1v) is 9.57. The molecule has 2 aromatic rings. The van der Waals surface area contributed by atoms with E-state index in [4.69, 9.17) is 22.8 Å². The summed E-state index contributed by atoms with van der Waals surface area (Å²) in [5, 5.41) is 11.2. The quantitative estimate of drug-likeness (QED) is 0.756. The van der Waals surface area contributed by atoms with Gasteiger partial charge < -0.3 is 9.84 Å². The van der Waals surface area contributed by atoms with Gasteiger partial charge in [0, 0.05) is 16.5 Å². The normalized spacial score (nSPS) is 25.7. The van der Waals surface area contributed by atoms with Gasteiger partial charge in [0.25, 0.3) is 0 Å². The third-order valence-corrected chi connectivity index (χ3v) is 5.59. The maximum absolute atomic E-state index is 10.5. The zero-order valence-electron chi connectivity index (χ0n) is 15.3. The molecule has 136 valence electrons. The van der Waals surface area contributed by atoms with Crippen molar-refractivity contribution >= 4 is 11.6 Å². The molecule has 0 aromatic heterocycles. The molecule has 4 atom stereocenters. The zero-order chi connectivity index (χ0) is 18.7. The average molecular weight is 369 g/mol. The highest BCUT2D eigenvalue weighted by Crippen LogP contribution is 2.39. The molecule has 26 heavy (non-hydrogen) atoms. The molecule has 2 aromatic carbocycles. The first-order chi connectivity index (χ1) is 12.5. The number of ether oxygens (including phenoxy) is 1. The summed E-state index contributed by atoms with van der Waals surface area (Å²) >= 11 is 6.45. The van der Waals surface area contributed by atoms with Crippen molar-refractivity contribution in [2.45, 2.75) is 51.4 Å². The van der Waals surface area contributed by atoms with Gasteiger partial charge >= 0.3 is 0 Å². The lowest BCUT2D eigenvalue weighted by atomic mass is 9.83. The Kier molecular flexibility index (Phi) is 6.04. The van der Waals surface area contributed by atoms with Gasteiger partial charge in [0.1, 0.15) is 0 Å². The number of hydrogen-bond donors (Lipinski definition) is 1. The van der Waals surface area contributed by atoms with Crippen molar-refractivity contribution in [1.29, 1.82) is 0 Å². The highest BCUT2D eigenvalue weighted by atomic mass is 35.5. The van der Waals surface area contributed by atoms with E-state index in [-0.39, 0.29) is 24.2 Å². The second-order valence-electron chi connectivity index (χ2n) is 7.11. The summed E-state index contributed by atoms with van der Waals surface area (Å²) in [5.41, 5.74) is 4.18. The Balaban J connectivity index is 1.87. The third kappa shape index (κ3) is 4.13. The molecule has 0 radical (unpaired) electrons. The molecule has 0 amide bonds. The number of aliphatic hydroxyl groups excluding tert-OH is 1. The fourth-order valence-corrected chi connectivity index (χ4v) is 3.97. The summed E-state index contributed by atoms with van der Waals surface area (Å²) < 4.78 is 6.20. The van der Waals surface area contributed by atoms with Gasteiger partial charge in [-0.3, -0.25) is 0 Å². The summed E-state index contributed by atoms with van der Waals surface area (Å²) in [7, 11) is 0. The van der Waals surface area contributed by atoms with Crippen LogP contribution in [-0.2, 0) is 11.2 Å². The van der Waals surface area contributed by atoms with Crippen LogP contribution in [0.4, 0.5) is 0 Å². The molecule has 3 heteroatoms. The van der Waals surface area contributed by atoms with E-state index in [1.54, 1.807) is 0 Å². The summed E-state index contributed by atoms with van der Waals surface area (Å²) in [4.78, 5) is 0. The van der Waals surface area contributed by atoms with Crippen LogP contribution in [0.15, 0.2) is 42.5 Å². The maximum atomic E-state index is 10.5. The summed E-state index contributed by atoms with van der Waals surface area (Å²) in [6, 6.07) is 14.0. The lowest BCUT2D eigenvalue weighted by molar-refractivity contribution is -0.132. The Morgan fingerprint density at radius 1 is 1.23 bits per heavy atom. The molecule has 4 unspecified atom stereocenters. The van der Waals surface area contributed by atoms with Gasteiger partial charge in [-0.2, -0.15) is 0 Å². The van der Waals surface area contributed by atoms with E-state index < -0.39 is 0 Å². The second-order valence-corrected chi connectivity index (χ2v) is 7.52. The molecule has 2 nitrogen and oxygen atoms in total. The maximum Gasteiger partial charge on any atom is 0.0881 e. The van der Waals surface area contributed by atoms with E-state index in [9.17, 15) is 5.11 Å². The first-order valence-electron chi connectivity index (χ1n) is 9.19. The van der Waals surface area contributed by atoms with Gasteiger partial charge in [-0.1, -0.05) is 48.7 Å². The third-order valence-electron chi connectivity index (χ3n) is 5.22. The number of rotatable bonds is 4. The summed E-state index contributed by atoms with van der Waals surface area (Å²) in [6.45, 7) is 4.12. The van der Waals surface area contributed by atoms with Crippen LogP contribution in [0, 0.1) is 18.3 Å². The van der Waals surface area contributed by atoms with Gasteiger partial charge in [0.15, 0.2) is 0 Å². The SMILES string of the molecule is C#Cc1ccc(Cc2cc(C3OC(C)CC(O)C3CC)ccc2Cl)cc1. The summed E-state index contributed by atoms with van der Waals surface area (Å²) in [5.74, 6) is 2.74. The zero-order valence-corrected chi connectivity index (χ0v) is 16.0. The number of halogens is 1. The molecule has 1 N–H and O–H groups in total. The largest absolute Gasteiger partial charge is 0.393 e. The fraction of sp³-hybridized carbons (Fsp3) is 0.391. The smallest absolute Gasteiger partial charge is 0.0881 e. The van der Waals surface area contributed by atoms with Crippen LogP contribution in [0.1, 0.15) is 55.0 Å². The average Bonchev–Trinajstić information content (AvgIpc) is 2.63. The molecular weight excluding hydrogens is 344 g/mol. The lowest BCUT2D eigenvalue weighted by Crippen LogP contribution is -2.38. The van der Waals surface area contributed by atoms with Crippen molar-refractivity contribution in [3.05, 3.63) is 69.7 Å². The van der Waals surface area contributed by atoms with Crippen LogP contribution in [-0.4, -0.2) is 17.3 Å². The molecule has 0 saturated carbocycles. The molecule has 0 bridgehead atoms. The van der Waals surface area contributed by atoms with Crippen molar-refractivity contribution in [2.24, 2.45) is 5.92 Å². The van der Waals surface area contributed by atoms with Crippen LogP contribution in [0.5, 0.6) is 0 Å². The second kappa shape index (κ2) is 8.27. The highest BCUT2D eigenvalue weighted by molar-refractivity contribution is 6.31. The Hall–Kier alpha value is -1.79. The van der Waals surface area contributed by atoms with Crippen LogP contribution < -0.4 is 0 Å². The van der Waals surface area contributed by atoms with Gasteiger partial charge in [-0.05, 0) is 61.1 Å². The van der Waals surface area contributed by atoms with Crippen LogP contribution in [0.3, 0.4) is 0 Å². The molecule has 0 aliphatic carbocycles. The standard InChI is InChI=1S/C23H25ClO2/c1-4-16-6-8-17(9-7-16)13-19-14-18(10-11-21(19)24)23-20(5-2)22(25)12-15(3)26-23/h1,6-11,14-15,20,22-23,25H,5,12-13H2,2-3H3. The Bertz CT molecular complexity index is 791. The van der Waals surface area contributed by atoms with Crippen molar-refractivity contribution in [2.75, 3.05) is 0 Å². The van der Waals surface area contributed by atoms with Crippen molar-refractivity contribution < 1.29 is 9.84 Å². The monoisotopic (exact) mass is 368 g/mol. The Labute approximate surface area is 161 Å². The van der Waals surface area contributed by atoms with Crippen molar-refractivity contribution in [3.8, 4) is 12.3 Å². The van der Waals surface area contributed by atoms with Crippen molar-refractivity contribution in [1.82, 2.24) is 0 Å². The van der Waals surface area contributed by atoms with E-state index >= 15 is 0 Å². The van der Waals surface area contributed by atoms with Crippen LogP contribution >= 0.6 is 11.6 Å². The topological polar surface area (TPSA) is 29.5 Å². The minimum atomic E-state index is -0.329.